The van der Waals surface area contributed by atoms with Gasteiger partial charge in [-0.15, -0.1) is 5.10 Å². The van der Waals surface area contributed by atoms with Crippen LogP contribution in [0.3, 0.4) is 0 Å². The molecule has 3 aromatic rings. The van der Waals surface area contributed by atoms with Gasteiger partial charge < -0.3 is 25.4 Å². The summed E-state index contributed by atoms with van der Waals surface area (Å²) < 4.78 is 8.01. The zero-order valence-corrected chi connectivity index (χ0v) is 21.0. The molecule has 3 aliphatic heterocycles. The number of nitrogens with zero attached hydrogens (tertiary/aromatic N) is 4. The molecule has 0 saturated carbocycles. The van der Waals surface area contributed by atoms with E-state index in [-0.39, 0.29) is 25.1 Å². The van der Waals surface area contributed by atoms with Crippen LogP contribution in [0.15, 0.2) is 54.6 Å². The quantitative estimate of drug-likeness (QED) is 0.408. The van der Waals surface area contributed by atoms with Crippen LogP contribution in [-0.4, -0.2) is 73.1 Å². The topological polar surface area (TPSA) is 139 Å². The Morgan fingerprint density at radius 2 is 1.92 bits per heavy atom. The van der Waals surface area contributed by atoms with Gasteiger partial charge in [0.2, 0.25) is 17.7 Å². The summed E-state index contributed by atoms with van der Waals surface area (Å²) >= 11 is 0. The van der Waals surface area contributed by atoms with Gasteiger partial charge in [0, 0.05) is 5.69 Å². The minimum atomic E-state index is -1.14. The predicted octanol–water partition coefficient (Wildman–Crippen LogP) is 1.29. The van der Waals surface area contributed by atoms with E-state index in [1.165, 1.54) is 4.90 Å². The maximum atomic E-state index is 14.0. The fourth-order valence-corrected chi connectivity index (χ4v) is 6.53. The van der Waals surface area contributed by atoms with Gasteiger partial charge in [-0.3, -0.25) is 14.4 Å². The number of carbonyl (C=O) groups excluding carboxylic acids is 3. The molecule has 3 N–H and O–H groups in total. The van der Waals surface area contributed by atoms with Crippen molar-refractivity contribution in [2.45, 2.75) is 56.6 Å². The molecule has 2 bridgehead atoms. The minimum absolute atomic E-state index is 0.0515. The summed E-state index contributed by atoms with van der Waals surface area (Å²) in [5.74, 6) is -2.57. The predicted molar refractivity (Wildman–Crippen MR) is 136 cm³/mol. The zero-order valence-electron chi connectivity index (χ0n) is 21.0. The van der Waals surface area contributed by atoms with Crippen molar-refractivity contribution in [1.29, 1.82) is 0 Å². The van der Waals surface area contributed by atoms with Gasteiger partial charge in [0.25, 0.3) is 0 Å². The van der Waals surface area contributed by atoms with Crippen molar-refractivity contribution < 1.29 is 24.2 Å². The van der Waals surface area contributed by atoms with E-state index in [0.717, 1.165) is 5.52 Å². The van der Waals surface area contributed by atoms with Crippen LogP contribution in [0.1, 0.15) is 26.2 Å². The summed E-state index contributed by atoms with van der Waals surface area (Å²) in [6, 6.07) is 14.9. The lowest BCUT2D eigenvalue weighted by atomic mass is 9.70. The van der Waals surface area contributed by atoms with Crippen LogP contribution in [0.2, 0.25) is 0 Å². The molecule has 198 valence electrons. The smallest absolute Gasteiger partial charge is 0.247 e. The first kappa shape index (κ1) is 24.5. The first-order valence-corrected chi connectivity index (χ1v) is 13.0. The standard InChI is InChI=1S/C27H30N6O5/c1-2-17(14-34)33-23(25(36)28-15-32-19-11-7-6-10-18(19)30-31-32)27-13-12-20(38-27)21(22(27)26(33)37)24(35)29-16-8-4-3-5-9-16/h3-11,17,20-23,34H,2,12-15H2,1H3,(H,28,36)(H,29,35)/t17-,20-,21+,22-,23?,27?/m0/s1. The molecule has 0 aliphatic carbocycles. The normalized spacial score (nSPS) is 28.5. The number of nitrogens with one attached hydrogen (secondary N) is 2. The van der Waals surface area contributed by atoms with Crippen LogP contribution in [0.5, 0.6) is 0 Å². The molecule has 1 aromatic heterocycles. The minimum Gasteiger partial charge on any atom is -0.394 e. The summed E-state index contributed by atoms with van der Waals surface area (Å²) in [4.78, 5) is 42.7. The molecule has 2 unspecified atom stereocenters. The van der Waals surface area contributed by atoms with Crippen LogP contribution in [0.25, 0.3) is 11.0 Å². The van der Waals surface area contributed by atoms with E-state index in [2.05, 4.69) is 20.9 Å². The Kier molecular flexibility index (Phi) is 6.11. The van der Waals surface area contributed by atoms with Crippen molar-refractivity contribution in [1.82, 2.24) is 25.2 Å². The number of carbonyl (C=O) groups is 3. The van der Waals surface area contributed by atoms with Gasteiger partial charge in [0.15, 0.2) is 0 Å². The fourth-order valence-electron chi connectivity index (χ4n) is 6.53. The zero-order chi connectivity index (χ0) is 26.4. The molecular formula is C27H30N6O5. The Labute approximate surface area is 219 Å². The number of rotatable bonds is 8. The summed E-state index contributed by atoms with van der Waals surface area (Å²) in [7, 11) is 0. The molecule has 6 atom stereocenters. The lowest BCUT2D eigenvalue weighted by Crippen LogP contribution is -2.58. The molecule has 11 heteroatoms. The second-order valence-electron chi connectivity index (χ2n) is 10.2. The highest BCUT2D eigenvalue weighted by Gasteiger charge is 2.75. The van der Waals surface area contributed by atoms with Crippen molar-refractivity contribution >= 4 is 34.4 Å². The van der Waals surface area contributed by atoms with Crippen LogP contribution in [-0.2, 0) is 25.8 Å². The van der Waals surface area contributed by atoms with Gasteiger partial charge in [0.1, 0.15) is 23.8 Å². The highest BCUT2D eigenvalue weighted by molar-refractivity contribution is 6.02. The highest BCUT2D eigenvalue weighted by Crippen LogP contribution is 2.59. The number of aromatic nitrogens is 3. The average Bonchev–Trinajstić information content (AvgIpc) is 3.68. The fraction of sp³-hybridized carbons (Fsp3) is 0.444. The number of amides is 3. The second kappa shape index (κ2) is 9.48. The molecule has 3 fully saturated rings. The third-order valence-corrected chi connectivity index (χ3v) is 8.23. The number of hydrogen-bond donors (Lipinski definition) is 3. The second-order valence-corrected chi connectivity index (χ2v) is 10.2. The van der Waals surface area contributed by atoms with E-state index in [9.17, 15) is 19.5 Å². The Morgan fingerprint density at radius 1 is 1.16 bits per heavy atom. The van der Waals surface area contributed by atoms with E-state index in [4.69, 9.17) is 4.74 Å². The first-order valence-electron chi connectivity index (χ1n) is 13.0. The van der Waals surface area contributed by atoms with Gasteiger partial charge in [0.05, 0.1) is 36.1 Å². The Hall–Kier alpha value is -3.83. The number of para-hydroxylation sites is 2. The largest absolute Gasteiger partial charge is 0.394 e. The van der Waals surface area contributed by atoms with E-state index in [0.29, 0.717) is 30.5 Å². The van der Waals surface area contributed by atoms with Crippen molar-refractivity contribution in [3.8, 4) is 0 Å². The number of aliphatic hydroxyl groups is 1. The van der Waals surface area contributed by atoms with Gasteiger partial charge in [-0.05, 0) is 43.5 Å². The SMILES string of the molecule is CC[C@@H](CO)N1C(=O)[C@@H]2[C@H](C(=O)Nc3ccccc3)[C@@H]3CCC2(O3)C1C(=O)NCn1nnc2ccccc21. The van der Waals surface area contributed by atoms with Gasteiger partial charge in [-0.2, -0.15) is 0 Å². The molecule has 3 saturated heterocycles. The number of aliphatic hydroxyl groups excluding tert-OH is 1. The van der Waals surface area contributed by atoms with Gasteiger partial charge >= 0.3 is 0 Å². The van der Waals surface area contributed by atoms with Crippen LogP contribution in [0, 0.1) is 11.8 Å². The molecule has 0 radical (unpaired) electrons. The Morgan fingerprint density at radius 3 is 2.68 bits per heavy atom. The van der Waals surface area contributed by atoms with E-state index >= 15 is 0 Å². The maximum Gasteiger partial charge on any atom is 0.247 e. The summed E-state index contributed by atoms with van der Waals surface area (Å²) in [6.07, 6.45) is 1.04. The number of hydrogen-bond acceptors (Lipinski definition) is 7. The maximum absolute atomic E-state index is 14.0. The molecule has 6 rings (SSSR count). The Balaban J connectivity index is 1.30. The molecule has 38 heavy (non-hydrogen) atoms. The van der Waals surface area contributed by atoms with Crippen LogP contribution >= 0.6 is 0 Å². The molecular weight excluding hydrogens is 488 g/mol. The van der Waals surface area contributed by atoms with Crippen molar-refractivity contribution in [2.24, 2.45) is 11.8 Å². The van der Waals surface area contributed by atoms with E-state index in [1.54, 1.807) is 16.8 Å². The van der Waals surface area contributed by atoms with Crippen LogP contribution < -0.4 is 10.6 Å². The number of likely N-dealkylation sites (tertiary alicyclic amines) is 1. The average molecular weight is 519 g/mol. The summed E-state index contributed by atoms with van der Waals surface area (Å²) in [5.41, 5.74) is 0.959. The Bertz CT molecular complexity index is 1370. The van der Waals surface area contributed by atoms with E-state index in [1.807, 2.05) is 49.4 Å². The summed E-state index contributed by atoms with van der Waals surface area (Å²) in [5, 5.41) is 24.2. The number of ether oxygens (including phenoxy) is 1. The molecule has 1 spiro atoms. The summed E-state index contributed by atoms with van der Waals surface area (Å²) in [6.45, 7) is 1.61. The monoisotopic (exact) mass is 518 g/mol. The third kappa shape index (κ3) is 3.68. The van der Waals surface area contributed by atoms with Crippen LogP contribution in [0.4, 0.5) is 5.69 Å². The molecule has 11 nitrogen and oxygen atoms in total. The number of anilines is 1. The van der Waals surface area contributed by atoms with Crippen molar-refractivity contribution in [3.63, 3.8) is 0 Å². The van der Waals surface area contributed by atoms with Crippen molar-refractivity contribution in [3.05, 3.63) is 54.6 Å². The lowest BCUT2D eigenvalue weighted by molar-refractivity contribution is -0.145. The molecule has 4 heterocycles. The van der Waals surface area contributed by atoms with Crippen molar-refractivity contribution in [2.75, 3.05) is 11.9 Å². The first-order chi connectivity index (χ1) is 18.5. The lowest BCUT2D eigenvalue weighted by Gasteiger charge is -2.36. The number of benzene rings is 2. The molecule has 2 aromatic carbocycles. The van der Waals surface area contributed by atoms with Gasteiger partial charge in [-0.1, -0.05) is 42.5 Å². The third-order valence-electron chi connectivity index (χ3n) is 8.23. The highest BCUT2D eigenvalue weighted by atomic mass is 16.5. The molecule has 3 amide bonds. The van der Waals surface area contributed by atoms with E-state index < -0.39 is 41.5 Å². The number of fused-ring (bicyclic) bond motifs is 2. The molecule has 3 aliphatic rings. The van der Waals surface area contributed by atoms with Gasteiger partial charge in [-0.25, -0.2) is 4.68 Å².